The third-order valence-corrected chi connectivity index (χ3v) is 4.96. The predicted octanol–water partition coefficient (Wildman–Crippen LogP) is 5.49. The summed E-state index contributed by atoms with van der Waals surface area (Å²) in [6.07, 6.45) is 1.08. The smallest absolute Gasteiger partial charge is 0.196 e. The molecule has 0 saturated heterocycles. The van der Waals surface area contributed by atoms with Crippen LogP contribution >= 0.6 is 23.4 Å². The first-order valence-electron chi connectivity index (χ1n) is 8.30. The molecule has 0 bridgehead atoms. The highest BCUT2D eigenvalue weighted by Gasteiger charge is 2.16. The summed E-state index contributed by atoms with van der Waals surface area (Å²) in [4.78, 5) is 0. The molecule has 0 N–H and O–H groups in total. The minimum atomic E-state index is 0.652. The van der Waals surface area contributed by atoms with Crippen LogP contribution in [0.5, 0.6) is 5.75 Å². The second-order valence-electron chi connectivity index (χ2n) is 5.42. The molecule has 25 heavy (non-hydrogen) atoms. The Balaban J connectivity index is 2.04. The highest BCUT2D eigenvalue weighted by molar-refractivity contribution is 7.99. The van der Waals surface area contributed by atoms with Crippen molar-refractivity contribution in [2.24, 2.45) is 0 Å². The van der Waals surface area contributed by atoms with E-state index in [2.05, 4.69) is 21.7 Å². The van der Waals surface area contributed by atoms with Gasteiger partial charge in [0.15, 0.2) is 11.0 Å². The molecule has 0 aliphatic carbocycles. The van der Waals surface area contributed by atoms with Crippen LogP contribution in [-0.4, -0.2) is 27.1 Å². The van der Waals surface area contributed by atoms with Crippen LogP contribution in [0.25, 0.3) is 17.1 Å². The molecule has 0 amide bonds. The van der Waals surface area contributed by atoms with Gasteiger partial charge < -0.3 is 4.74 Å². The number of halogens is 1. The van der Waals surface area contributed by atoms with Crippen LogP contribution in [-0.2, 0) is 0 Å². The van der Waals surface area contributed by atoms with Crippen LogP contribution in [0.2, 0.25) is 5.02 Å². The summed E-state index contributed by atoms with van der Waals surface area (Å²) in [7, 11) is 0. The van der Waals surface area contributed by atoms with E-state index >= 15 is 0 Å². The van der Waals surface area contributed by atoms with Crippen molar-refractivity contribution < 1.29 is 4.74 Å². The van der Waals surface area contributed by atoms with E-state index in [1.807, 2.05) is 55.5 Å². The molecule has 0 radical (unpaired) electrons. The van der Waals surface area contributed by atoms with Crippen molar-refractivity contribution in [3.63, 3.8) is 0 Å². The minimum absolute atomic E-state index is 0.652. The van der Waals surface area contributed by atoms with Gasteiger partial charge in [0.1, 0.15) is 5.75 Å². The molecule has 4 nitrogen and oxygen atoms in total. The Morgan fingerprint density at radius 3 is 2.36 bits per heavy atom. The standard InChI is InChI=1S/C19H20ClN3OS/c1-3-13-25-19-22-21-18(14-5-7-15(20)8-6-14)23(19)16-9-11-17(12-10-16)24-4-2/h5-12H,3-4,13H2,1-2H3. The van der Waals surface area contributed by atoms with Crippen molar-refractivity contribution in [1.29, 1.82) is 0 Å². The molecule has 3 aromatic rings. The summed E-state index contributed by atoms with van der Waals surface area (Å²) in [6.45, 7) is 4.79. The number of ether oxygens (including phenoxy) is 1. The van der Waals surface area contributed by atoms with Crippen LogP contribution in [0, 0.1) is 0 Å². The molecule has 1 heterocycles. The van der Waals surface area contributed by atoms with E-state index in [0.29, 0.717) is 11.6 Å². The Labute approximate surface area is 157 Å². The van der Waals surface area contributed by atoms with Crippen molar-refractivity contribution >= 4 is 23.4 Å². The normalized spacial score (nSPS) is 10.8. The molecular weight excluding hydrogens is 354 g/mol. The minimum Gasteiger partial charge on any atom is -0.494 e. The second-order valence-corrected chi connectivity index (χ2v) is 6.92. The molecular formula is C19H20ClN3OS. The van der Waals surface area contributed by atoms with Gasteiger partial charge in [-0.1, -0.05) is 30.3 Å². The Morgan fingerprint density at radius 2 is 1.72 bits per heavy atom. The van der Waals surface area contributed by atoms with Crippen molar-refractivity contribution in [1.82, 2.24) is 14.8 Å². The van der Waals surface area contributed by atoms with Gasteiger partial charge in [0.2, 0.25) is 0 Å². The van der Waals surface area contributed by atoms with Gasteiger partial charge >= 0.3 is 0 Å². The lowest BCUT2D eigenvalue weighted by Gasteiger charge is -2.11. The number of rotatable bonds is 7. The summed E-state index contributed by atoms with van der Waals surface area (Å²) >= 11 is 7.72. The molecule has 3 rings (SSSR count). The largest absolute Gasteiger partial charge is 0.494 e. The van der Waals surface area contributed by atoms with E-state index in [1.165, 1.54) is 0 Å². The number of benzene rings is 2. The maximum Gasteiger partial charge on any atom is 0.196 e. The van der Waals surface area contributed by atoms with Crippen LogP contribution in [0.15, 0.2) is 53.7 Å². The maximum atomic E-state index is 6.02. The Bertz CT molecular complexity index is 816. The lowest BCUT2D eigenvalue weighted by Crippen LogP contribution is -2.00. The fraction of sp³-hybridized carbons (Fsp3) is 0.263. The van der Waals surface area contributed by atoms with Gasteiger partial charge in [-0.2, -0.15) is 0 Å². The molecule has 6 heteroatoms. The van der Waals surface area contributed by atoms with Crippen LogP contribution in [0.1, 0.15) is 20.3 Å². The number of hydrogen-bond acceptors (Lipinski definition) is 4. The molecule has 2 aromatic carbocycles. The van der Waals surface area contributed by atoms with Gasteiger partial charge in [0.25, 0.3) is 0 Å². The summed E-state index contributed by atoms with van der Waals surface area (Å²) in [5.41, 5.74) is 1.99. The average molecular weight is 374 g/mol. The Hall–Kier alpha value is -1.98. The number of nitrogens with zero attached hydrogens (tertiary/aromatic N) is 3. The average Bonchev–Trinajstić information content (AvgIpc) is 3.05. The van der Waals surface area contributed by atoms with E-state index in [1.54, 1.807) is 11.8 Å². The Morgan fingerprint density at radius 1 is 1.00 bits per heavy atom. The summed E-state index contributed by atoms with van der Waals surface area (Å²) in [5, 5.41) is 10.4. The SMILES string of the molecule is CCCSc1nnc(-c2ccc(Cl)cc2)n1-c1ccc(OCC)cc1. The van der Waals surface area contributed by atoms with E-state index in [9.17, 15) is 0 Å². The number of thioether (sulfide) groups is 1. The highest BCUT2D eigenvalue weighted by atomic mass is 35.5. The first-order chi connectivity index (χ1) is 12.2. The van der Waals surface area contributed by atoms with Gasteiger partial charge in [0.05, 0.1) is 6.61 Å². The van der Waals surface area contributed by atoms with Gasteiger partial charge in [-0.15, -0.1) is 10.2 Å². The lowest BCUT2D eigenvalue weighted by atomic mass is 10.2. The summed E-state index contributed by atoms with van der Waals surface area (Å²) < 4.78 is 7.62. The molecule has 0 fully saturated rings. The molecule has 0 saturated carbocycles. The quantitative estimate of drug-likeness (QED) is 0.513. The molecule has 0 atom stereocenters. The van der Waals surface area contributed by atoms with Crippen molar-refractivity contribution in [2.75, 3.05) is 12.4 Å². The fourth-order valence-corrected chi connectivity index (χ4v) is 3.37. The summed E-state index contributed by atoms with van der Waals surface area (Å²) in [5.74, 6) is 2.66. The monoisotopic (exact) mass is 373 g/mol. The molecule has 0 unspecified atom stereocenters. The van der Waals surface area contributed by atoms with E-state index < -0.39 is 0 Å². The maximum absolute atomic E-state index is 6.02. The van der Waals surface area contributed by atoms with Crippen LogP contribution in [0.3, 0.4) is 0 Å². The Kier molecular flexibility index (Phi) is 6.00. The zero-order chi connectivity index (χ0) is 17.6. The summed E-state index contributed by atoms with van der Waals surface area (Å²) in [6, 6.07) is 15.7. The lowest BCUT2D eigenvalue weighted by molar-refractivity contribution is 0.340. The van der Waals surface area contributed by atoms with Crippen molar-refractivity contribution in [3.8, 4) is 22.8 Å². The van der Waals surface area contributed by atoms with Crippen LogP contribution in [0.4, 0.5) is 0 Å². The third-order valence-electron chi connectivity index (χ3n) is 3.58. The van der Waals surface area contributed by atoms with Gasteiger partial charge in [-0.05, 0) is 61.9 Å². The van der Waals surface area contributed by atoms with Crippen molar-refractivity contribution in [3.05, 3.63) is 53.6 Å². The molecule has 0 aliphatic rings. The van der Waals surface area contributed by atoms with E-state index in [-0.39, 0.29) is 0 Å². The van der Waals surface area contributed by atoms with E-state index in [0.717, 1.165) is 40.2 Å². The zero-order valence-corrected chi connectivity index (χ0v) is 15.8. The fourth-order valence-electron chi connectivity index (χ4n) is 2.43. The second kappa shape index (κ2) is 8.41. The van der Waals surface area contributed by atoms with E-state index in [4.69, 9.17) is 16.3 Å². The molecule has 0 aliphatic heterocycles. The molecule has 130 valence electrons. The first kappa shape index (κ1) is 17.8. The predicted molar refractivity (Wildman–Crippen MR) is 104 cm³/mol. The van der Waals surface area contributed by atoms with Gasteiger partial charge in [-0.3, -0.25) is 4.57 Å². The van der Waals surface area contributed by atoms with Crippen LogP contribution < -0.4 is 4.74 Å². The van der Waals surface area contributed by atoms with Crippen molar-refractivity contribution in [2.45, 2.75) is 25.4 Å². The topological polar surface area (TPSA) is 39.9 Å². The number of aromatic nitrogens is 3. The van der Waals surface area contributed by atoms with Gasteiger partial charge in [-0.25, -0.2) is 0 Å². The molecule has 1 aromatic heterocycles. The van der Waals surface area contributed by atoms with Gasteiger partial charge in [0, 0.05) is 22.0 Å². The highest BCUT2D eigenvalue weighted by Crippen LogP contribution is 2.29. The zero-order valence-electron chi connectivity index (χ0n) is 14.3. The molecule has 0 spiro atoms. The number of hydrogen-bond donors (Lipinski definition) is 0. The third kappa shape index (κ3) is 4.17. The first-order valence-corrected chi connectivity index (χ1v) is 9.66.